The minimum Gasteiger partial charge on any atom is -0.308 e. The molecule has 0 aromatic heterocycles. The molecule has 0 amide bonds. The molecule has 3 aliphatic carbocycles. The van der Waals surface area contributed by atoms with Gasteiger partial charge in [0.25, 0.3) is 0 Å². The fourth-order valence-corrected chi connectivity index (χ4v) is 1.99. The van der Waals surface area contributed by atoms with Gasteiger partial charge in [-0.25, -0.2) is 0 Å². The molecule has 1 N–H and O–H groups in total. The summed E-state index contributed by atoms with van der Waals surface area (Å²) in [5.41, 5.74) is 4.27. The van der Waals surface area contributed by atoms with Crippen LogP contribution in [0.15, 0.2) is 22.8 Å². The maximum Gasteiger partial charge on any atom is 0.0249 e. The van der Waals surface area contributed by atoms with Gasteiger partial charge in [-0.05, 0) is 37.7 Å². The first kappa shape index (κ1) is 6.84. The summed E-state index contributed by atoms with van der Waals surface area (Å²) in [6, 6.07) is 0. The molecule has 3 rings (SSSR count). The van der Waals surface area contributed by atoms with E-state index in [9.17, 15) is 0 Å². The molecule has 0 aromatic rings. The molecule has 0 unspecified atom stereocenters. The summed E-state index contributed by atoms with van der Waals surface area (Å²) in [5, 5.41) is 7.22. The second-order valence-electron chi connectivity index (χ2n) is 3.36. The fraction of sp³-hybridized carbons (Fsp3) is 0.500. The molecule has 0 aromatic carbocycles. The molecule has 11 heavy (non-hydrogen) atoms. The van der Waals surface area contributed by atoms with Crippen LogP contribution in [0, 0.1) is 5.41 Å². The van der Waals surface area contributed by atoms with Crippen molar-refractivity contribution in [2.24, 2.45) is 0 Å². The van der Waals surface area contributed by atoms with Crippen molar-refractivity contribution >= 4 is 6.21 Å². The Kier molecular flexibility index (Phi) is 1.65. The average molecular weight is 147 g/mol. The van der Waals surface area contributed by atoms with Crippen LogP contribution < -0.4 is 0 Å². The van der Waals surface area contributed by atoms with Gasteiger partial charge >= 0.3 is 0 Å². The second kappa shape index (κ2) is 2.65. The predicted octanol–water partition coefficient (Wildman–Crippen LogP) is 2.84. The first-order valence-electron chi connectivity index (χ1n) is 4.32. The van der Waals surface area contributed by atoms with E-state index < -0.39 is 0 Å². The number of allylic oxidation sites excluding steroid dienone is 4. The number of fused-ring (bicyclic) bond motifs is 4. The minimum atomic E-state index is 1.20. The van der Waals surface area contributed by atoms with E-state index in [-0.39, 0.29) is 0 Å². The lowest BCUT2D eigenvalue weighted by atomic mass is 9.95. The highest BCUT2D eigenvalue weighted by atomic mass is 14.3. The first-order valence-corrected chi connectivity index (χ1v) is 4.32. The Bertz CT molecular complexity index is 238. The zero-order valence-electron chi connectivity index (χ0n) is 6.69. The smallest absolute Gasteiger partial charge is 0.0249 e. The first-order chi connectivity index (χ1) is 5.40. The van der Waals surface area contributed by atoms with Crippen LogP contribution in [-0.2, 0) is 0 Å². The van der Waals surface area contributed by atoms with Crippen LogP contribution in [0.4, 0.5) is 0 Å². The highest BCUT2D eigenvalue weighted by Gasteiger charge is 2.15. The van der Waals surface area contributed by atoms with Gasteiger partial charge in [0.1, 0.15) is 0 Å². The average Bonchev–Trinajstić information content (AvgIpc) is 2.37. The third-order valence-corrected chi connectivity index (χ3v) is 2.65. The van der Waals surface area contributed by atoms with E-state index >= 15 is 0 Å². The Morgan fingerprint density at radius 3 is 2.91 bits per heavy atom. The molecular weight excluding hydrogens is 134 g/mol. The normalized spacial score (nSPS) is 23.1. The van der Waals surface area contributed by atoms with Gasteiger partial charge < -0.3 is 5.41 Å². The van der Waals surface area contributed by atoms with Crippen molar-refractivity contribution in [2.45, 2.75) is 32.1 Å². The number of nitrogens with one attached hydrogen (secondary N) is 1. The van der Waals surface area contributed by atoms with Gasteiger partial charge in [0.2, 0.25) is 0 Å². The Morgan fingerprint density at radius 1 is 1.18 bits per heavy atom. The fourth-order valence-electron chi connectivity index (χ4n) is 1.99. The molecule has 3 aliphatic rings. The van der Waals surface area contributed by atoms with Crippen LogP contribution in [0.3, 0.4) is 0 Å². The molecule has 1 fully saturated rings. The van der Waals surface area contributed by atoms with Gasteiger partial charge in [0, 0.05) is 6.21 Å². The molecule has 1 heteroatoms. The van der Waals surface area contributed by atoms with Gasteiger partial charge in [-0.1, -0.05) is 17.2 Å². The van der Waals surface area contributed by atoms with E-state index in [0.29, 0.717) is 0 Å². The molecular formula is C10H13N. The highest BCUT2D eigenvalue weighted by molar-refractivity contribution is 5.82. The monoisotopic (exact) mass is 147 g/mol. The molecule has 0 spiro atoms. The van der Waals surface area contributed by atoms with E-state index in [1.807, 2.05) is 0 Å². The topological polar surface area (TPSA) is 23.9 Å². The van der Waals surface area contributed by atoms with Crippen molar-refractivity contribution in [3.63, 3.8) is 0 Å². The maximum atomic E-state index is 7.22. The Labute approximate surface area is 67.3 Å². The summed E-state index contributed by atoms with van der Waals surface area (Å²) in [5.74, 6) is 0. The van der Waals surface area contributed by atoms with Crippen molar-refractivity contribution in [2.75, 3.05) is 0 Å². The number of rotatable bonds is 1. The number of hydrogen-bond acceptors (Lipinski definition) is 1. The number of hydrogen-bond donors (Lipinski definition) is 1. The van der Waals surface area contributed by atoms with Gasteiger partial charge in [0.15, 0.2) is 0 Å². The second-order valence-corrected chi connectivity index (χ2v) is 3.36. The standard InChI is InChI=1S/C10H13N/c11-7-10-6-8-2-1-3-9(10)5-4-8/h6-7,11H,1-5H2. The van der Waals surface area contributed by atoms with E-state index in [4.69, 9.17) is 5.41 Å². The minimum absolute atomic E-state index is 1.20. The van der Waals surface area contributed by atoms with Crippen LogP contribution in [0.5, 0.6) is 0 Å². The Balaban J connectivity index is 2.40. The summed E-state index contributed by atoms with van der Waals surface area (Å²) in [7, 11) is 0. The quantitative estimate of drug-likeness (QED) is 0.551. The van der Waals surface area contributed by atoms with Gasteiger partial charge in [-0.3, -0.25) is 0 Å². The van der Waals surface area contributed by atoms with Crippen LogP contribution in [0.2, 0.25) is 0 Å². The lowest BCUT2D eigenvalue weighted by Gasteiger charge is -2.11. The van der Waals surface area contributed by atoms with Crippen molar-refractivity contribution in [1.82, 2.24) is 0 Å². The highest BCUT2D eigenvalue weighted by Crippen LogP contribution is 2.33. The molecule has 0 saturated heterocycles. The zero-order chi connectivity index (χ0) is 7.68. The van der Waals surface area contributed by atoms with Crippen LogP contribution in [0.25, 0.3) is 0 Å². The zero-order valence-corrected chi connectivity index (χ0v) is 6.69. The molecule has 0 radical (unpaired) electrons. The van der Waals surface area contributed by atoms with E-state index in [1.165, 1.54) is 49.5 Å². The van der Waals surface area contributed by atoms with Crippen molar-refractivity contribution in [1.29, 1.82) is 5.41 Å². The lowest BCUT2D eigenvalue weighted by molar-refractivity contribution is 0.839. The molecule has 1 nitrogen and oxygen atoms in total. The molecule has 0 atom stereocenters. The molecule has 58 valence electrons. The van der Waals surface area contributed by atoms with E-state index in [2.05, 4.69) is 6.08 Å². The predicted molar refractivity (Wildman–Crippen MR) is 47.0 cm³/mol. The summed E-state index contributed by atoms with van der Waals surface area (Å²) in [6.45, 7) is 0. The Morgan fingerprint density at radius 2 is 2.09 bits per heavy atom. The third kappa shape index (κ3) is 1.15. The maximum absolute atomic E-state index is 7.22. The van der Waals surface area contributed by atoms with Crippen molar-refractivity contribution in [3.8, 4) is 0 Å². The van der Waals surface area contributed by atoms with E-state index in [0.717, 1.165) is 0 Å². The van der Waals surface area contributed by atoms with Gasteiger partial charge in [0.05, 0.1) is 0 Å². The summed E-state index contributed by atoms with van der Waals surface area (Å²) >= 11 is 0. The van der Waals surface area contributed by atoms with Crippen molar-refractivity contribution < 1.29 is 0 Å². The van der Waals surface area contributed by atoms with E-state index in [1.54, 1.807) is 5.57 Å². The molecule has 2 bridgehead atoms. The summed E-state index contributed by atoms with van der Waals surface area (Å²) in [6.07, 6.45) is 10.0. The molecule has 0 aliphatic heterocycles. The largest absolute Gasteiger partial charge is 0.308 e. The third-order valence-electron chi connectivity index (χ3n) is 2.65. The molecule has 1 saturated carbocycles. The van der Waals surface area contributed by atoms with Crippen molar-refractivity contribution in [3.05, 3.63) is 22.8 Å². The molecule has 0 heterocycles. The SMILES string of the molecule is N=CC1=C2CCCC(=C1)CC2. The van der Waals surface area contributed by atoms with Crippen LogP contribution in [-0.4, -0.2) is 6.21 Å². The van der Waals surface area contributed by atoms with Gasteiger partial charge in [-0.15, -0.1) is 0 Å². The van der Waals surface area contributed by atoms with Gasteiger partial charge in [-0.2, -0.15) is 0 Å². The van der Waals surface area contributed by atoms with Crippen LogP contribution in [0.1, 0.15) is 32.1 Å². The summed E-state index contributed by atoms with van der Waals surface area (Å²) in [4.78, 5) is 0. The lowest BCUT2D eigenvalue weighted by Crippen LogP contribution is -1.95. The Hall–Kier alpha value is -0.850. The van der Waals surface area contributed by atoms with Crippen LogP contribution >= 0.6 is 0 Å². The summed E-state index contributed by atoms with van der Waals surface area (Å²) < 4.78 is 0.